The molecule has 29 heavy (non-hydrogen) atoms. The molecule has 3 saturated heterocycles. The van der Waals surface area contributed by atoms with Crippen molar-refractivity contribution in [1.29, 1.82) is 0 Å². The van der Waals surface area contributed by atoms with Crippen LogP contribution in [0.4, 0.5) is 0 Å². The summed E-state index contributed by atoms with van der Waals surface area (Å²) in [5, 5.41) is 22.8. The minimum Gasteiger partial charge on any atom is -0.395 e. The van der Waals surface area contributed by atoms with E-state index in [1.807, 2.05) is 35.3 Å². The first kappa shape index (κ1) is 30.2. The van der Waals surface area contributed by atoms with Crippen LogP contribution in [-0.4, -0.2) is 76.6 Å². The minimum absolute atomic E-state index is 0.306. The Morgan fingerprint density at radius 3 is 2.17 bits per heavy atom. The quantitative estimate of drug-likeness (QED) is 0.252. The maximum atomic E-state index is 8.50. The molecule has 5 nitrogen and oxygen atoms in total. The van der Waals surface area contributed by atoms with Crippen molar-refractivity contribution >= 4 is 47.9 Å². The van der Waals surface area contributed by atoms with Crippen LogP contribution >= 0.6 is 47.9 Å². The first-order chi connectivity index (χ1) is 14.0. The van der Waals surface area contributed by atoms with Crippen molar-refractivity contribution < 1.29 is 5.11 Å². The Morgan fingerprint density at radius 1 is 1.10 bits per heavy atom. The third kappa shape index (κ3) is 20.8. The van der Waals surface area contributed by atoms with E-state index >= 15 is 0 Å². The summed E-state index contributed by atoms with van der Waals surface area (Å²) in [7, 11) is 0. The Kier molecular flexibility index (Phi) is 23.3. The van der Waals surface area contributed by atoms with Gasteiger partial charge in [0.15, 0.2) is 0 Å². The summed E-state index contributed by atoms with van der Waals surface area (Å²) in [5.41, 5.74) is 0. The molecule has 3 aliphatic rings. The zero-order chi connectivity index (χ0) is 21.7. The van der Waals surface area contributed by atoms with Gasteiger partial charge in [-0.05, 0) is 53.1 Å². The summed E-state index contributed by atoms with van der Waals surface area (Å²) in [5.74, 6) is 3.42. The molecular weight excluding hydrogens is 441 g/mol. The van der Waals surface area contributed by atoms with Gasteiger partial charge in [-0.3, -0.25) is 5.32 Å². The molecule has 3 heterocycles. The summed E-state index contributed by atoms with van der Waals surface area (Å²) in [6.07, 6.45) is 4.94. The summed E-state index contributed by atoms with van der Waals surface area (Å²) in [6.45, 7) is 13.7. The van der Waals surface area contributed by atoms with Gasteiger partial charge >= 0.3 is 0 Å². The summed E-state index contributed by atoms with van der Waals surface area (Å²) >= 11 is 10.0. The largest absolute Gasteiger partial charge is 0.395 e. The fraction of sp³-hybridized carbons (Fsp3) is 1.00. The van der Waals surface area contributed by atoms with Crippen molar-refractivity contribution in [3.8, 4) is 0 Å². The average Bonchev–Trinajstić information content (AvgIpc) is 3.42. The normalized spacial score (nSPS) is 28.3. The molecule has 3 atom stereocenters. The molecule has 2 unspecified atom stereocenters. The maximum absolute atomic E-state index is 8.50. The Labute approximate surface area is 198 Å². The van der Waals surface area contributed by atoms with Gasteiger partial charge in [-0.15, -0.1) is 35.3 Å². The molecule has 0 aromatic heterocycles. The van der Waals surface area contributed by atoms with Gasteiger partial charge in [0.25, 0.3) is 0 Å². The van der Waals surface area contributed by atoms with E-state index in [1.54, 1.807) is 0 Å². The van der Waals surface area contributed by atoms with Crippen LogP contribution in [0.1, 0.15) is 53.4 Å². The molecule has 0 saturated carbocycles. The highest BCUT2D eigenvalue weighted by Gasteiger charge is 2.19. The van der Waals surface area contributed by atoms with E-state index in [0.717, 1.165) is 36.4 Å². The molecule has 3 fully saturated rings. The smallest absolute Gasteiger partial charge is 0.0584 e. The number of thioether (sulfide) groups is 3. The molecule has 0 aromatic carbocycles. The first-order valence-electron chi connectivity index (χ1n) is 11.0. The van der Waals surface area contributed by atoms with Crippen LogP contribution in [0.15, 0.2) is 0 Å². The predicted molar refractivity (Wildman–Crippen MR) is 142 cm³/mol. The van der Waals surface area contributed by atoms with E-state index in [-0.39, 0.29) is 0 Å². The highest BCUT2D eigenvalue weighted by molar-refractivity contribution is 8.18. The molecule has 176 valence electrons. The van der Waals surface area contributed by atoms with E-state index < -0.39 is 0 Å². The van der Waals surface area contributed by atoms with E-state index in [1.165, 1.54) is 37.4 Å². The molecule has 0 radical (unpaired) electrons. The Bertz CT molecular complexity index is 297. The number of aliphatic hydroxyl groups is 1. The lowest BCUT2D eigenvalue weighted by molar-refractivity contribution is 0.255. The van der Waals surface area contributed by atoms with Crippen molar-refractivity contribution in [2.75, 3.05) is 50.2 Å². The van der Waals surface area contributed by atoms with Gasteiger partial charge in [-0.1, -0.05) is 13.3 Å². The van der Waals surface area contributed by atoms with Crippen LogP contribution in [0.2, 0.25) is 0 Å². The molecule has 0 amide bonds. The summed E-state index contributed by atoms with van der Waals surface area (Å²) < 4.78 is 0.760. The van der Waals surface area contributed by atoms with E-state index in [0.29, 0.717) is 23.4 Å². The maximum Gasteiger partial charge on any atom is 0.0584 e. The van der Waals surface area contributed by atoms with Crippen LogP contribution in [0, 0.1) is 0 Å². The van der Waals surface area contributed by atoms with E-state index in [2.05, 4.69) is 61.6 Å². The monoisotopic (exact) mass is 486 g/mol. The third-order valence-electron chi connectivity index (χ3n) is 4.27. The first-order valence-corrected chi connectivity index (χ1v) is 14.7. The lowest BCUT2D eigenvalue weighted by Crippen LogP contribution is -2.36. The second-order valence-corrected chi connectivity index (χ2v) is 12.4. The molecule has 0 aromatic rings. The molecule has 0 bridgehead atoms. The van der Waals surface area contributed by atoms with Crippen LogP contribution < -0.4 is 21.3 Å². The second kappa shape index (κ2) is 22.4. The number of rotatable bonds is 6. The van der Waals surface area contributed by atoms with Gasteiger partial charge in [-0.2, -0.15) is 12.6 Å². The predicted octanol–water partition coefficient (Wildman–Crippen LogP) is 3.41. The highest BCUT2D eigenvalue weighted by Crippen LogP contribution is 2.33. The number of aliphatic hydroxyl groups excluding tert-OH is 1. The van der Waals surface area contributed by atoms with Crippen LogP contribution in [-0.2, 0) is 0 Å². The van der Waals surface area contributed by atoms with Gasteiger partial charge < -0.3 is 21.1 Å². The van der Waals surface area contributed by atoms with Gasteiger partial charge in [0, 0.05) is 36.5 Å². The van der Waals surface area contributed by atoms with Crippen molar-refractivity contribution in [3.05, 3.63) is 0 Å². The molecular formula is C20H46N4OS4. The van der Waals surface area contributed by atoms with Crippen LogP contribution in [0.5, 0.6) is 0 Å². The fourth-order valence-electron chi connectivity index (χ4n) is 2.80. The third-order valence-corrected chi connectivity index (χ3v) is 7.91. The minimum atomic E-state index is 0.306. The fourth-order valence-corrected chi connectivity index (χ4v) is 6.73. The molecule has 9 heteroatoms. The lowest BCUT2D eigenvalue weighted by Gasteiger charge is -2.29. The van der Waals surface area contributed by atoms with Crippen molar-refractivity contribution in [1.82, 2.24) is 21.3 Å². The van der Waals surface area contributed by atoms with Gasteiger partial charge in [0.2, 0.25) is 0 Å². The molecule has 0 spiro atoms. The number of thiol groups is 1. The zero-order valence-electron chi connectivity index (χ0n) is 18.9. The molecule has 0 aliphatic carbocycles. The van der Waals surface area contributed by atoms with Crippen LogP contribution in [0.25, 0.3) is 0 Å². The Morgan fingerprint density at radius 2 is 1.83 bits per heavy atom. The lowest BCUT2D eigenvalue weighted by atomic mass is 10.2. The van der Waals surface area contributed by atoms with Gasteiger partial charge in [0.1, 0.15) is 0 Å². The number of unbranched alkanes of at least 4 members (excludes halogenated alkanes) is 1. The Hall–Kier alpha value is 1.20. The summed E-state index contributed by atoms with van der Waals surface area (Å²) in [6, 6.07) is 0.403. The zero-order valence-corrected chi connectivity index (χ0v) is 22.3. The molecule has 3 rings (SSSR count). The highest BCUT2D eigenvalue weighted by atomic mass is 32.2. The number of hydrogen-bond donors (Lipinski definition) is 6. The van der Waals surface area contributed by atoms with Gasteiger partial charge in [-0.25, -0.2) is 0 Å². The molecule has 5 N–H and O–H groups in total. The SMILES string of the molecule is C1CSCN1.CC1NC(C)SC(C)S1.CCCCNCCS.OC[C@H]1CCCN1. The van der Waals surface area contributed by atoms with E-state index in [4.69, 9.17) is 5.11 Å². The topological polar surface area (TPSA) is 68.3 Å². The van der Waals surface area contributed by atoms with Crippen molar-refractivity contribution in [3.63, 3.8) is 0 Å². The van der Waals surface area contributed by atoms with Crippen molar-refractivity contribution in [2.24, 2.45) is 0 Å². The Balaban J connectivity index is 0.000000367. The second-order valence-electron chi connectivity index (χ2n) is 7.15. The van der Waals surface area contributed by atoms with Crippen molar-refractivity contribution in [2.45, 2.75) is 74.7 Å². The number of nitrogens with one attached hydrogen (secondary N) is 4. The van der Waals surface area contributed by atoms with E-state index in [9.17, 15) is 0 Å². The van der Waals surface area contributed by atoms with Crippen LogP contribution in [0.3, 0.4) is 0 Å². The number of hydrogen-bond acceptors (Lipinski definition) is 9. The standard InChI is InChI=1S/C6H13NS2.C6H15NS.C5H11NO.C3H7NS/c1-4-7-5(2)9-6(3)8-4;1-2-3-4-7-5-6-8;7-4-5-2-1-3-6-5;1-2-5-3-4-1/h4-7H,1-3H3;7-8H,2-6H2,1H3;5-7H,1-4H2;4H,1-3H2/t;;5-;/m..1./s1. The summed E-state index contributed by atoms with van der Waals surface area (Å²) in [4.78, 5) is 0. The molecule has 3 aliphatic heterocycles. The van der Waals surface area contributed by atoms with Gasteiger partial charge in [0.05, 0.1) is 21.9 Å². The average molecular weight is 487 g/mol.